The lowest BCUT2D eigenvalue weighted by Crippen LogP contribution is -2.35. The number of hydrogen-bond donors (Lipinski definition) is 2. The number of fused-ring (bicyclic) bond motifs is 2. The number of aryl methyl sites for hydroxylation is 1. The number of primary amides is 1. The molecule has 0 aliphatic carbocycles. The van der Waals surface area contributed by atoms with E-state index in [1.807, 2.05) is 28.5 Å². The molecule has 2 aromatic heterocycles. The lowest BCUT2D eigenvalue weighted by atomic mass is 10.0. The number of aromatic amines is 1. The Morgan fingerprint density at radius 2 is 1.88 bits per heavy atom. The minimum atomic E-state index is -0.379. The molecular weight excluding hydrogens is 444 g/mol. The Balaban J connectivity index is 0.000000257. The fourth-order valence-electron chi connectivity index (χ4n) is 4.16. The Labute approximate surface area is 202 Å². The largest absolute Gasteiger partial charge is 0.366 e. The third-order valence-corrected chi connectivity index (χ3v) is 7.00. The van der Waals surface area contributed by atoms with Crippen LogP contribution < -0.4 is 5.73 Å². The van der Waals surface area contributed by atoms with Gasteiger partial charge in [0, 0.05) is 45.9 Å². The van der Waals surface area contributed by atoms with E-state index in [1.165, 1.54) is 15.8 Å². The van der Waals surface area contributed by atoms with E-state index in [0.717, 1.165) is 42.5 Å². The zero-order chi connectivity index (χ0) is 23.9. The molecule has 1 aliphatic rings. The van der Waals surface area contributed by atoms with Crippen molar-refractivity contribution in [3.05, 3.63) is 93.3 Å². The number of carbonyl (C=O) groups excluding carboxylic acids is 2. The first-order valence-electron chi connectivity index (χ1n) is 11.2. The van der Waals surface area contributed by atoms with Crippen LogP contribution in [0, 0.1) is 11.3 Å². The summed E-state index contributed by atoms with van der Waals surface area (Å²) in [7, 11) is 0. The van der Waals surface area contributed by atoms with Crippen molar-refractivity contribution >= 4 is 34.1 Å². The van der Waals surface area contributed by atoms with Crippen LogP contribution in [0.5, 0.6) is 0 Å². The molecule has 34 heavy (non-hydrogen) atoms. The molecule has 0 saturated carbocycles. The van der Waals surface area contributed by atoms with E-state index in [2.05, 4.69) is 29.4 Å². The number of carbonyl (C=O) groups is 2. The summed E-state index contributed by atoms with van der Waals surface area (Å²) in [5, 5.41) is 12.3. The molecule has 1 aliphatic heterocycles. The number of nitrogens with two attached hydrogens (primary N) is 1. The maximum absolute atomic E-state index is 12.5. The molecule has 7 heteroatoms. The van der Waals surface area contributed by atoms with E-state index in [1.54, 1.807) is 35.6 Å². The summed E-state index contributed by atoms with van der Waals surface area (Å²) in [5.41, 5.74) is 9.89. The Kier molecular flexibility index (Phi) is 7.41. The highest BCUT2D eigenvalue weighted by molar-refractivity contribution is 7.10. The Bertz CT molecular complexity index is 1330. The van der Waals surface area contributed by atoms with Crippen LogP contribution in [-0.2, 0) is 24.2 Å². The molecule has 2 amide bonds. The van der Waals surface area contributed by atoms with Crippen LogP contribution in [0.1, 0.15) is 44.8 Å². The van der Waals surface area contributed by atoms with E-state index in [0.29, 0.717) is 18.5 Å². The van der Waals surface area contributed by atoms with Crippen LogP contribution >= 0.6 is 11.3 Å². The van der Waals surface area contributed by atoms with Crippen molar-refractivity contribution in [3.63, 3.8) is 0 Å². The van der Waals surface area contributed by atoms with Crippen molar-refractivity contribution < 1.29 is 9.59 Å². The molecule has 0 atom stereocenters. The van der Waals surface area contributed by atoms with Gasteiger partial charge in [-0.05, 0) is 48.6 Å². The Morgan fingerprint density at radius 3 is 2.62 bits per heavy atom. The van der Waals surface area contributed by atoms with E-state index >= 15 is 0 Å². The molecule has 4 aromatic rings. The average Bonchev–Trinajstić information content (AvgIpc) is 3.48. The molecule has 0 saturated heterocycles. The summed E-state index contributed by atoms with van der Waals surface area (Å²) in [6.45, 7) is 1.39. The normalized spacial score (nSPS) is 12.4. The molecule has 0 radical (unpaired) electrons. The fraction of sp³-hybridized carbons (Fsp3) is 0.222. The Morgan fingerprint density at radius 1 is 1.12 bits per heavy atom. The minimum absolute atomic E-state index is 0.220. The van der Waals surface area contributed by atoms with Gasteiger partial charge < -0.3 is 15.6 Å². The van der Waals surface area contributed by atoms with Gasteiger partial charge in [-0.1, -0.05) is 36.4 Å². The number of hydrogen-bond acceptors (Lipinski definition) is 4. The molecule has 0 spiro atoms. The average molecular weight is 471 g/mol. The lowest BCUT2D eigenvalue weighted by molar-refractivity contribution is -0.132. The van der Waals surface area contributed by atoms with Crippen LogP contribution in [0.2, 0.25) is 0 Å². The topological polar surface area (TPSA) is 103 Å². The second-order valence-electron chi connectivity index (χ2n) is 8.17. The predicted molar refractivity (Wildman–Crippen MR) is 134 cm³/mol. The number of para-hydroxylation sites is 1. The van der Waals surface area contributed by atoms with Crippen LogP contribution in [0.15, 0.2) is 66.2 Å². The highest BCUT2D eigenvalue weighted by Gasteiger charge is 2.23. The van der Waals surface area contributed by atoms with Crippen LogP contribution in [0.25, 0.3) is 10.9 Å². The molecule has 172 valence electrons. The fourth-order valence-corrected chi connectivity index (χ4v) is 5.20. The van der Waals surface area contributed by atoms with E-state index in [-0.39, 0.29) is 11.8 Å². The first kappa shape index (κ1) is 23.3. The van der Waals surface area contributed by atoms with Crippen LogP contribution in [0.3, 0.4) is 0 Å². The summed E-state index contributed by atoms with van der Waals surface area (Å²) in [6.07, 6.45) is 5.20. The monoisotopic (exact) mass is 470 g/mol. The summed E-state index contributed by atoms with van der Waals surface area (Å²) >= 11 is 1.60. The van der Waals surface area contributed by atoms with Gasteiger partial charge in [-0.3, -0.25) is 9.59 Å². The maximum Gasteiger partial charge on any atom is 0.248 e. The second kappa shape index (κ2) is 10.8. The van der Waals surface area contributed by atoms with Gasteiger partial charge in [-0.25, -0.2) is 0 Å². The lowest BCUT2D eigenvalue weighted by Gasteiger charge is -2.27. The molecule has 0 bridgehead atoms. The van der Waals surface area contributed by atoms with Gasteiger partial charge in [0.05, 0.1) is 12.1 Å². The van der Waals surface area contributed by atoms with Gasteiger partial charge in [-0.15, -0.1) is 11.3 Å². The molecule has 2 aromatic carbocycles. The van der Waals surface area contributed by atoms with Crippen molar-refractivity contribution in [1.29, 1.82) is 5.26 Å². The summed E-state index contributed by atoms with van der Waals surface area (Å²) in [5.74, 6) is -0.159. The van der Waals surface area contributed by atoms with Crippen LogP contribution in [-0.4, -0.2) is 28.2 Å². The molecule has 5 rings (SSSR count). The van der Waals surface area contributed by atoms with E-state index < -0.39 is 0 Å². The third-order valence-electron chi connectivity index (χ3n) is 5.99. The van der Waals surface area contributed by atoms with Crippen molar-refractivity contribution in [2.45, 2.75) is 32.2 Å². The molecule has 0 unspecified atom stereocenters. The minimum Gasteiger partial charge on any atom is -0.366 e. The summed E-state index contributed by atoms with van der Waals surface area (Å²) in [4.78, 5) is 29.4. The van der Waals surface area contributed by atoms with E-state index in [4.69, 9.17) is 11.0 Å². The maximum atomic E-state index is 12.5. The first-order valence-corrected chi connectivity index (χ1v) is 12.1. The van der Waals surface area contributed by atoms with Crippen molar-refractivity contribution in [1.82, 2.24) is 9.88 Å². The molecule has 3 N–H and O–H groups in total. The van der Waals surface area contributed by atoms with Gasteiger partial charge in [-0.2, -0.15) is 5.26 Å². The van der Waals surface area contributed by atoms with Crippen molar-refractivity contribution in [2.24, 2.45) is 5.73 Å². The zero-order valence-electron chi connectivity index (χ0n) is 18.8. The van der Waals surface area contributed by atoms with Crippen molar-refractivity contribution in [2.75, 3.05) is 6.54 Å². The third kappa shape index (κ3) is 5.36. The number of H-pyrrole nitrogens is 1. The number of amides is 2. The molecule has 3 heterocycles. The molecule has 0 fully saturated rings. The van der Waals surface area contributed by atoms with Gasteiger partial charge in [0.15, 0.2) is 0 Å². The first-order chi connectivity index (χ1) is 16.6. The number of benzene rings is 2. The number of aromatic nitrogens is 1. The summed E-state index contributed by atoms with van der Waals surface area (Å²) in [6, 6.07) is 19.3. The van der Waals surface area contributed by atoms with Gasteiger partial charge in [0.1, 0.15) is 6.07 Å². The van der Waals surface area contributed by atoms with Gasteiger partial charge in [0.25, 0.3) is 0 Å². The quantitative estimate of drug-likeness (QED) is 0.438. The number of thiophene rings is 1. The zero-order valence-corrected chi connectivity index (χ0v) is 19.6. The summed E-state index contributed by atoms with van der Waals surface area (Å²) < 4.78 is 0. The SMILES string of the molecule is N#Cc1csc2c1CCN(C(=O)CCCc1c[nH]c3ccccc13)C2.NC(=O)c1ccccc1. The van der Waals surface area contributed by atoms with Crippen molar-refractivity contribution in [3.8, 4) is 6.07 Å². The highest BCUT2D eigenvalue weighted by Crippen LogP contribution is 2.28. The second-order valence-corrected chi connectivity index (χ2v) is 9.14. The van der Waals surface area contributed by atoms with Crippen LogP contribution in [0.4, 0.5) is 0 Å². The number of nitrogens with zero attached hydrogens (tertiary/aromatic N) is 2. The molecular formula is C27H26N4O2S. The standard InChI is InChI=1S/C20H19N3OS.C7H7NO/c21-10-15-13-25-19-12-23(9-8-17(15)19)20(24)7-3-4-14-11-22-18-6-2-1-5-16(14)18;8-7(9)6-4-2-1-3-5-6/h1-2,5-6,11,13,22H,3-4,7-9,12H2;1-5H,(H2,8,9). The van der Waals surface area contributed by atoms with E-state index in [9.17, 15) is 9.59 Å². The Hall–Kier alpha value is -3.89. The van der Waals surface area contributed by atoms with Gasteiger partial charge in [0.2, 0.25) is 11.8 Å². The molecule has 6 nitrogen and oxygen atoms in total. The highest BCUT2D eigenvalue weighted by atomic mass is 32.1. The predicted octanol–water partition coefficient (Wildman–Crippen LogP) is 4.79. The number of nitrogens with one attached hydrogen (secondary N) is 1. The smallest absolute Gasteiger partial charge is 0.248 e. The number of rotatable bonds is 5. The number of nitriles is 1. The van der Waals surface area contributed by atoms with Gasteiger partial charge >= 0.3 is 0 Å².